The number of carbonyl (C=O) groups excluding carboxylic acids is 1. The highest BCUT2D eigenvalue weighted by Gasteiger charge is 2.24. The summed E-state index contributed by atoms with van der Waals surface area (Å²) < 4.78 is 20.4. The van der Waals surface area contributed by atoms with Gasteiger partial charge in [0, 0.05) is 45.0 Å². The van der Waals surface area contributed by atoms with E-state index < -0.39 is 0 Å². The Kier molecular flexibility index (Phi) is 6.19. The monoisotopic (exact) mass is 385 g/mol. The molecule has 0 aromatic heterocycles. The minimum absolute atomic E-state index is 0.0695. The molecule has 150 valence electrons. The van der Waals surface area contributed by atoms with Crippen LogP contribution in [0, 0.1) is 5.82 Å². The topological polar surface area (TPSA) is 44.8 Å². The van der Waals surface area contributed by atoms with Crippen molar-refractivity contribution >= 4 is 17.3 Å². The molecule has 1 amide bonds. The molecule has 2 aromatic carbocycles. The Hall–Kier alpha value is -2.60. The van der Waals surface area contributed by atoms with Gasteiger partial charge in [-0.15, -0.1) is 0 Å². The number of anilines is 2. The Morgan fingerprint density at radius 3 is 2.54 bits per heavy atom. The Balaban J connectivity index is 1.65. The van der Waals surface area contributed by atoms with Crippen LogP contribution in [-0.4, -0.2) is 45.3 Å². The molecule has 2 atom stereocenters. The fraction of sp³-hybridized carbons (Fsp3) is 0.409. The molecule has 1 fully saturated rings. The molecule has 0 spiro atoms. The van der Waals surface area contributed by atoms with Crippen molar-refractivity contribution in [2.75, 3.05) is 37.0 Å². The van der Waals surface area contributed by atoms with Gasteiger partial charge in [-0.3, -0.25) is 4.79 Å². The first-order chi connectivity index (χ1) is 13.3. The van der Waals surface area contributed by atoms with Gasteiger partial charge >= 0.3 is 0 Å². The van der Waals surface area contributed by atoms with E-state index >= 15 is 0 Å². The third kappa shape index (κ3) is 4.81. The van der Waals surface area contributed by atoms with Crippen LogP contribution in [0.3, 0.4) is 0 Å². The summed E-state index contributed by atoms with van der Waals surface area (Å²) in [6.07, 6.45) is 0.139. The first-order valence-electron chi connectivity index (χ1n) is 9.58. The van der Waals surface area contributed by atoms with Crippen molar-refractivity contribution in [3.8, 4) is 0 Å². The van der Waals surface area contributed by atoms with Gasteiger partial charge in [-0.1, -0.05) is 12.1 Å². The lowest BCUT2D eigenvalue weighted by Crippen LogP contribution is -2.45. The molecule has 2 aromatic rings. The van der Waals surface area contributed by atoms with Crippen LogP contribution in [0.15, 0.2) is 42.5 Å². The Labute approximate surface area is 166 Å². The molecule has 6 heteroatoms. The number of rotatable bonds is 5. The van der Waals surface area contributed by atoms with Gasteiger partial charge in [0.15, 0.2) is 0 Å². The molecule has 0 aliphatic carbocycles. The average molecular weight is 385 g/mol. The summed E-state index contributed by atoms with van der Waals surface area (Å²) in [5, 5.41) is 2.86. The second kappa shape index (κ2) is 8.61. The van der Waals surface area contributed by atoms with E-state index in [-0.39, 0.29) is 30.5 Å². The fourth-order valence-electron chi connectivity index (χ4n) is 3.50. The standard InChI is InChI=1S/C22H28FN3O2/c1-15-13-26(14-16(2)28-15)21-9-8-17(10-20(21)23)12-24-22(27)18-6-5-7-19(11-18)25(3)4/h5-11,15-16H,12-14H2,1-4H3,(H,24,27). The molecule has 28 heavy (non-hydrogen) atoms. The molecule has 1 aliphatic rings. The molecular weight excluding hydrogens is 357 g/mol. The van der Waals surface area contributed by atoms with Crippen molar-refractivity contribution < 1.29 is 13.9 Å². The third-order valence-corrected chi connectivity index (χ3v) is 4.85. The molecule has 2 unspecified atom stereocenters. The van der Waals surface area contributed by atoms with Crippen molar-refractivity contribution in [2.24, 2.45) is 0 Å². The van der Waals surface area contributed by atoms with Crippen molar-refractivity contribution in [3.05, 3.63) is 59.4 Å². The molecular formula is C22H28FN3O2. The zero-order valence-corrected chi connectivity index (χ0v) is 16.9. The highest BCUT2D eigenvalue weighted by molar-refractivity contribution is 5.95. The first-order valence-corrected chi connectivity index (χ1v) is 9.58. The summed E-state index contributed by atoms with van der Waals surface area (Å²) in [5.74, 6) is -0.452. The molecule has 1 N–H and O–H groups in total. The molecule has 3 rings (SSSR count). The predicted octanol–water partition coefficient (Wildman–Crippen LogP) is 3.44. The number of hydrogen-bond acceptors (Lipinski definition) is 4. The van der Waals surface area contributed by atoms with Gasteiger partial charge in [0.05, 0.1) is 17.9 Å². The van der Waals surface area contributed by atoms with E-state index in [1.807, 2.05) is 62.0 Å². The fourth-order valence-corrected chi connectivity index (χ4v) is 3.50. The van der Waals surface area contributed by atoms with E-state index in [1.165, 1.54) is 6.07 Å². The molecule has 1 saturated heterocycles. The Bertz CT molecular complexity index is 830. The van der Waals surface area contributed by atoms with Crippen LogP contribution in [-0.2, 0) is 11.3 Å². The number of nitrogens with one attached hydrogen (secondary N) is 1. The van der Waals surface area contributed by atoms with Crippen LogP contribution in [0.25, 0.3) is 0 Å². The van der Waals surface area contributed by atoms with Crippen molar-refractivity contribution in [1.29, 1.82) is 0 Å². The van der Waals surface area contributed by atoms with E-state index in [9.17, 15) is 9.18 Å². The van der Waals surface area contributed by atoms with Crippen LogP contribution >= 0.6 is 0 Å². The lowest BCUT2D eigenvalue weighted by molar-refractivity contribution is -0.00539. The minimum Gasteiger partial charge on any atom is -0.378 e. The minimum atomic E-state index is -0.275. The zero-order chi connectivity index (χ0) is 20.3. The number of morpholine rings is 1. The second-order valence-corrected chi connectivity index (χ2v) is 7.58. The first kappa shape index (κ1) is 20.1. The van der Waals surface area contributed by atoms with Gasteiger partial charge in [-0.05, 0) is 49.7 Å². The highest BCUT2D eigenvalue weighted by atomic mass is 19.1. The van der Waals surface area contributed by atoms with Crippen molar-refractivity contribution in [2.45, 2.75) is 32.6 Å². The Morgan fingerprint density at radius 1 is 1.18 bits per heavy atom. The maximum absolute atomic E-state index is 14.7. The molecule has 1 aliphatic heterocycles. The van der Waals surface area contributed by atoms with E-state index in [0.717, 1.165) is 11.3 Å². The SMILES string of the molecule is CC1CN(c2ccc(CNC(=O)c3cccc(N(C)C)c3)cc2F)CC(C)O1. The smallest absolute Gasteiger partial charge is 0.251 e. The van der Waals surface area contributed by atoms with Gasteiger partial charge in [-0.2, -0.15) is 0 Å². The summed E-state index contributed by atoms with van der Waals surface area (Å²) in [6, 6.07) is 12.5. The Morgan fingerprint density at radius 2 is 1.89 bits per heavy atom. The maximum Gasteiger partial charge on any atom is 0.251 e. The quantitative estimate of drug-likeness (QED) is 0.857. The van der Waals surface area contributed by atoms with Crippen LogP contribution in [0.1, 0.15) is 29.8 Å². The number of amides is 1. The number of carbonyl (C=O) groups is 1. The number of hydrogen-bond donors (Lipinski definition) is 1. The molecule has 1 heterocycles. The normalized spacial score (nSPS) is 19.4. The molecule has 5 nitrogen and oxygen atoms in total. The van der Waals surface area contributed by atoms with Gasteiger partial charge in [-0.25, -0.2) is 4.39 Å². The summed E-state index contributed by atoms with van der Waals surface area (Å²) >= 11 is 0. The molecule has 0 saturated carbocycles. The number of ether oxygens (including phenoxy) is 1. The van der Waals surface area contributed by atoms with Crippen molar-refractivity contribution in [1.82, 2.24) is 5.32 Å². The van der Waals surface area contributed by atoms with Gasteiger partial charge < -0.3 is 19.9 Å². The lowest BCUT2D eigenvalue weighted by atomic mass is 10.1. The molecule has 0 radical (unpaired) electrons. The summed E-state index contributed by atoms with van der Waals surface area (Å²) in [4.78, 5) is 16.4. The predicted molar refractivity (Wildman–Crippen MR) is 111 cm³/mol. The number of benzene rings is 2. The zero-order valence-electron chi connectivity index (χ0n) is 16.9. The lowest BCUT2D eigenvalue weighted by Gasteiger charge is -2.37. The van der Waals surface area contributed by atoms with Crippen LogP contribution in [0.4, 0.5) is 15.8 Å². The van der Waals surface area contributed by atoms with E-state index in [2.05, 4.69) is 5.32 Å². The maximum atomic E-state index is 14.7. The highest BCUT2D eigenvalue weighted by Crippen LogP contribution is 2.24. The van der Waals surface area contributed by atoms with Crippen LogP contribution in [0.2, 0.25) is 0 Å². The van der Waals surface area contributed by atoms with E-state index in [4.69, 9.17) is 4.74 Å². The van der Waals surface area contributed by atoms with Crippen molar-refractivity contribution in [3.63, 3.8) is 0 Å². The molecule has 0 bridgehead atoms. The summed E-state index contributed by atoms with van der Waals surface area (Å²) in [7, 11) is 3.86. The average Bonchev–Trinajstić information content (AvgIpc) is 2.65. The summed E-state index contributed by atoms with van der Waals surface area (Å²) in [5.41, 5.74) is 2.85. The van der Waals surface area contributed by atoms with Gasteiger partial charge in [0.2, 0.25) is 0 Å². The largest absolute Gasteiger partial charge is 0.378 e. The third-order valence-electron chi connectivity index (χ3n) is 4.85. The second-order valence-electron chi connectivity index (χ2n) is 7.58. The van der Waals surface area contributed by atoms with E-state index in [1.54, 1.807) is 12.1 Å². The van der Waals surface area contributed by atoms with Gasteiger partial charge in [0.25, 0.3) is 5.91 Å². The van der Waals surface area contributed by atoms with Gasteiger partial charge in [0.1, 0.15) is 5.82 Å². The number of nitrogens with zero attached hydrogens (tertiary/aromatic N) is 2. The van der Waals surface area contributed by atoms with E-state index in [0.29, 0.717) is 24.3 Å². The van der Waals surface area contributed by atoms with Crippen LogP contribution in [0.5, 0.6) is 0 Å². The number of halogens is 1. The van der Waals surface area contributed by atoms with Crippen LogP contribution < -0.4 is 15.1 Å². The summed E-state index contributed by atoms with van der Waals surface area (Å²) in [6.45, 7) is 5.60.